The van der Waals surface area contributed by atoms with Crippen LogP contribution in [0.15, 0.2) is 73.1 Å². The van der Waals surface area contributed by atoms with Crippen LogP contribution < -0.4 is 10.1 Å². The Balaban J connectivity index is 1.53. The molecule has 128 valence electrons. The van der Waals surface area contributed by atoms with Crippen molar-refractivity contribution in [1.29, 1.82) is 0 Å². The van der Waals surface area contributed by atoms with Gasteiger partial charge in [-0.2, -0.15) is 0 Å². The summed E-state index contributed by atoms with van der Waals surface area (Å²) < 4.78 is 7.64. The first-order valence-corrected chi connectivity index (χ1v) is 8.42. The Kier molecular flexibility index (Phi) is 5.41. The van der Waals surface area contributed by atoms with Gasteiger partial charge >= 0.3 is 0 Å². The average molecular weight is 355 g/mol. The highest BCUT2D eigenvalue weighted by Gasteiger charge is 2.14. The van der Waals surface area contributed by atoms with E-state index in [9.17, 15) is 4.79 Å². The van der Waals surface area contributed by atoms with Crippen molar-refractivity contribution in [3.8, 4) is 11.4 Å². The van der Waals surface area contributed by atoms with Gasteiger partial charge in [-0.3, -0.25) is 4.79 Å². The Hall–Kier alpha value is -2.72. The zero-order chi connectivity index (χ0) is 17.6. The van der Waals surface area contributed by atoms with Crippen LogP contribution >= 0.6 is 11.6 Å². The summed E-state index contributed by atoms with van der Waals surface area (Å²) in [6, 6.07) is 19.0. The molecule has 1 heterocycles. The lowest BCUT2D eigenvalue weighted by atomic mass is 10.2. The molecule has 1 atom stereocenters. The molecule has 0 aliphatic heterocycles. The van der Waals surface area contributed by atoms with E-state index in [2.05, 4.69) is 5.32 Å². The van der Waals surface area contributed by atoms with E-state index in [0.29, 0.717) is 17.3 Å². The van der Waals surface area contributed by atoms with Crippen molar-refractivity contribution in [1.82, 2.24) is 9.88 Å². The van der Waals surface area contributed by atoms with E-state index in [-0.39, 0.29) is 5.91 Å². The summed E-state index contributed by atoms with van der Waals surface area (Å²) in [6.45, 7) is 2.17. The summed E-state index contributed by atoms with van der Waals surface area (Å²) in [4.78, 5) is 12.2. The van der Waals surface area contributed by atoms with Crippen LogP contribution in [0.25, 0.3) is 5.69 Å². The van der Waals surface area contributed by atoms with E-state index in [4.69, 9.17) is 16.3 Å². The molecule has 1 amide bonds. The molecule has 4 nitrogen and oxygen atoms in total. The third-order valence-corrected chi connectivity index (χ3v) is 4.02. The molecule has 0 radical (unpaired) electrons. The van der Waals surface area contributed by atoms with Crippen LogP contribution in [0.3, 0.4) is 0 Å². The predicted octanol–water partition coefficient (Wildman–Crippen LogP) is 4.21. The van der Waals surface area contributed by atoms with Gasteiger partial charge in [0.15, 0.2) is 6.10 Å². The van der Waals surface area contributed by atoms with Gasteiger partial charge < -0.3 is 14.6 Å². The average Bonchev–Trinajstić information content (AvgIpc) is 3.14. The lowest BCUT2D eigenvalue weighted by Gasteiger charge is -2.15. The number of aromatic nitrogens is 1. The Morgan fingerprint density at radius 2 is 1.84 bits per heavy atom. The fourth-order valence-electron chi connectivity index (χ4n) is 2.42. The monoisotopic (exact) mass is 354 g/mol. The summed E-state index contributed by atoms with van der Waals surface area (Å²) in [5.41, 5.74) is 2.11. The fraction of sp³-hybridized carbons (Fsp3) is 0.150. The number of hydrogen-bond donors (Lipinski definition) is 1. The molecule has 3 rings (SSSR count). The van der Waals surface area contributed by atoms with E-state index < -0.39 is 6.10 Å². The second-order valence-corrected chi connectivity index (χ2v) is 6.13. The first-order chi connectivity index (χ1) is 12.1. The van der Waals surface area contributed by atoms with Crippen LogP contribution in [-0.4, -0.2) is 16.6 Å². The summed E-state index contributed by atoms with van der Waals surface area (Å²) >= 11 is 5.92. The molecular weight excluding hydrogens is 336 g/mol. The Bertz CT molecular complexity index is 829. The van der Waals surface area contributed by atoms with E-state index in [0.717, 1.165) is 11.3 Å². The number of amides is 1. The highest BCUT2D eigenvalue weighted by Crippen LogP contribution is 2.18. The number of ether oxygens (including phenoxy) is 1. The van der Waals surface area contributed by atoms with Gasteiger partial charge in [-0.15, -0.1) is 0 Å². The smallest absolute Gasteiger partial charge is 0.261 e. The van der Waals surface area contributed by atoms with Gasteiger partial charge in [0, 0.05) is 29.6 Å². The Morgan fingerprint density at radius 1 is 1.12 bits per heavy atom. The molecule has 5 heteroatoms. The predicted molar refractivity (Wildman–Crippen MR) is 99.2 cm³/mol. The molecule has 0 spiro atoms. The largest absolute Gasteiger partial charge is 0.481 e. The normalized spacial score (nSPS) is 11.8. The minimum Gasteiger partial charge on any atom is -0.481 e. The third-order valence-electron chi connectivity index (χ3n) is 3.78. The van der Waals surface area contributed by atoms with Gasteiger partial charge in [0.25, 0.3) is 5.91 Å². The molecule has 0 bridgehead atoms. The number of rotatable bonds is 6. The van der Waals surface area contributed by atoms with Crippen molar-refractivity contribution in [2.45, 2.75) is 19.6 Å². The zero-order valence-electron chi connectivity index (χ0n) is 13.9. The van der Waals surface area contributed by atoms with Gasteiger partial charge in [-0.25, -0.2) is 0 Å². The Labute approximate surface area is 152 Å². The maximum absolute atomic E-state index is 12.2. The molecule has 0 aliphatic rings. The number of carbonyl (C=O) groups excluding carboxylic acids is 1. The highest BCUT2D eigenvalue weighted by atomic mass is 35.5. The van der Waals surface area contributed by atoms with Crippen LogP contribution in [0, 0.1) is 0 Å². The minimum atomic E-state index is -0.599. The number of carbonyl (C=O) groups is 1. The second kappa shape index (κ2) is 7.90. The molecule has 0 aliphatic carbocycles. The van der Waals surface area contributed by atoms with Gasteiger partial charge in [-0.1, -0.05) is 29.8 Å². The standard InChI is InChI=1S/C20H19ClN2O2/c1-15(25-19-6-4-5-17(21)13-19)20(24)22-14-16-7-9-18(10-8-16)23-11-2-3-12-23/h2-13,15H,14H2,1H3,(H,22,24)/t15-/m0/s1. The molecule has 1 N–H and O–H groups in total. The van der Waals surface area contributed by atoms with Gasteiger partial charge in [0.2, 0.25) is 0 Å². The summed E-state index contributed by atoms with van der Waals surface area (Å²) in [7, 11) is 0. The molecule has 0 saturated heterocycles. The lowest BCUT2D eigenvalue weighted by molar-refractivity contribution is -0.127. The van der Waals surface area contributed by atoms with E-state index >= 15 is 0 Å². The van der Waals surface area contributed by atoms with Crippen molar-refractivity contribution in [3.63, 3.8) is 0 Å². The fourth-order valence-corrected chi connectivity index (χ4v) is 2.60. The number of nitrogens with zero attached hydrogens (tertiary/aromatic N) is 1. The van der Waals surface area contributed by atoms with E-state index in [1.54, 1.807) is 31.2 Å². The lowest BCUT2D eigenvalue weighted by Crippen LogP contribution is -2.35. The molecule has 0 saturated carbocycles. The van der Waals surface area contributed by atoms with Crippen LogP contribution in [0.1, 0.15) is 12.5 Å². The minimum absolute atomic E-state index is 0.172. The number of nitrogens with one attached hydrogen (secondary N) is 1. The SMILES string of the molecule is C[C@H](Oc1cccc(Cl)c1)C(=O)NCc1ccc(-n2cccc2)cc1. The first kappa shape index (κ1) is 17.1. The molecule has 2 aromatic carbocycles. The van der Waals surface area contributed by atoms with Gasteiger partial charge in [0.05, 0.1) is 0 Å². The quantitative estimate of drug-likeness (QED) is 0.720. The number of hydrogen-bond acceptors (Lipinski definition) is 2. The number of benzene rings is 2. The van der Waals surface area contributed by atoms with E-state index in [1.807, 2.05) is 53.4 Å². The maximum Gasteiger partial charge on any atom is 0.261 e. The second-order valence-electron chi connectivity index (χ2n) is 5.69. The van der Waals surface area contributed by atoms with Crippen molar-refractivity contribution in [2.24, 2.45) is 0 Å². The molecule has 0 unspecified atom stereocenters. The van der Waals surface area contributed by atoms with Crippen molar-refractivity contribution in [2.75, 3.05) is 0 Å². The van der Waals surface area contributed by atoms with E-state index in [1.165, 1.54) is 0 Å². The summed E-state index contributed by atoms with van der Waals surface area (Å²) in [5.74, 6) is 0.403. The summed E-state index contributed by atoms with van der Waals surface area (Å²) in [6.07, 6.45) is 3.38. The highest BCUT2D eigenvalue weighted by molar-refractivity contribution is 6.30. The van der Waals surface area contributed by atoms with Crippen LogP contribution in [0.4, 0.5) is 0 Å². The van der Waals surface area contributed by atoms with Crippen molar-refractivity contribution >= 4 is 17.5 Å². The van der Waals surface area contributed by atoms with Gasteiger partial charge in [-0.05, 0) is 55.0 Å². The molecule has 3 aromatic rings. The van der Waals surface area contributed by atoms with Crippen LogP contribution in [0.2, 0.25) is 5.02 Å². The number of halogens is 1. The molecular formula is C20H19ClN2O2. The van der Waals surface area contributed by atoms with Crippen LogP contribution in [-0.2, 0) is 11.3 Å². The summed E-state index contributed by atoms with van der Waals surface area (Å²) in [5, 5.41) is 3.46. The van der Waals surface area contributed by atoms with Gasteiger partial charge in [0.1, 0.15) is 5.75 Å². The molecule has 25 heavy (non-hydrogen) atoms. The third kappa shape index (κ3) is 4.64. The van der Waals surface area contributed by atoms with Crippen molar-refractivity contribution in [3.05, 3.63) is 83.6 Å². The first-order valence-electron chi connectivity index (χ1n) is 8.04. The molecule has 1 aromatic heterocycles. The maximum atomic E-state index is 12.2. The molecule has 0 fully saturated rings. The van der Waals surface area contributed by atoms with Crippen molar-refractivity contribution < 1.29 is 9.53 Å². The van der Waals surface area contributed by atoms with Crippen LogP contribution in [0.5, 0.6) is 5.75 Å². The topological polar surface area (TPSA) is 43.3 Å². The zero-order valence-corrected chi connectivity index (χ0v) is 14.6. The Morgan fingerprint density at radius 3 is 2.52 bits per heavy atom.